The SMILES string of the molecule is C[C@H](NC(=O)Nc1ccn(-c2ccc(S(=O)(=O)C(F)(F)F)cc2)n1)C1CC1. The summed E-state index contributed by atoms with van der Waals surface area (Å²) in [6.45, 7) is 1.92. The highest BCUT2D eigenvalue weighted by molar-refractivity contribution is 7.92. The van der Waals surface area contributed by atoms with E-state index < -0.39 is 26.3 Å². The van der Waals surface area contributed by atoms with E-state index >= 15 is 0 Å². The number of carbonyl (C=O) groups is 1. The van der Waals surface area contributed by atoms with E-state index in [1.165, 1.54) is 29.1 Å². The van der Waals surface area contributed by atoms with Gasteiger partial charge in [-0.3, -0.25) is 5.32 Å². The fourth-order valence-electron chi connectivity index (χ4n) is 2.52. The maximum absolute atomic E-state index is 12.6. The number of alkyl halides is 3. The van der Waals surface area contributed by atoms with Crippen LogP contribution in [0.1, 0.15) is 19.8 Å². The molecule has 2 amide bonds. The van der Waals surface area contributed by atoms with Crippen LogP contribution in [0.15, 0.2) is 41.4 Å². The van der Waals surface area contributed by atoms with Gasteiger partial charge in [0.05, 0.1) is 10.6 Å². The Morgan fingerprint density at radius 3 is 2.41 bits per heavy atom. The first kappa shape index (κ1) is 19.2. The molecule has 2 N–H and O–H groups in total. The molecule has 146 valence electrons. The minimum absolute atomic E-state index is 0.0650. The van der Waals surface area contributed by atoms with Gasteiger partial charge in [-0.1, -0.05) is 0 Å². The first-order valence-electron chi connectivity index (χ1n) is 8.13. The number of carbonyl (C=O) groups excluding carboxylic acids is 1. The highest BCUT2D eigenvalue weighted by atomic mass is 32.2. The van der Waals surface area contributed by atoms with Crippen LogP contribution < -0.4 is 10.6 Å². The van der Waals surface area contributed by atoms with Crippen molar-refractivity contribution in [2.75, 3.05) is 5.32 Å². The molecule has 0 unspecified atom stereocenters. The van der Waals surface area contributed by atoms with Gasteiger partial charge >= 0.3 is 11.5 Å². The molecule has 1 aromatic carbocycles. The van der Waals surface area contributed by atoms with Crippen LogP contribution in [0.4, 0.5) is 23.8 Å². The van der Waals surface area contributed by atoms with Gasteiger partial charge in [0.25, 0.3) is 9.84 Å². The van der Waals surface area contributed by atoms with Gasteiger partial charge in [0.15, 0.2) is 5.82 Å². The number of nitrogens with one attached hydrogen (secondary N) is 2. The number of hydrogen-bond acceptors (Lipinski definition) is 4. The number of aromatic nitrogens is 2. The standard InChI is InChI=1S/C16H17F3N4O3S/c1-10(11-2-3-11)20-15(24)21-14-8-9-23(22-14)12-4-6-13(7-5-12)27(25,26)16(17,18)19/h4-11H,2-3H2,1H3,(H2,20,21,22,24)/t10-/m0/s1. The number of amides is 2. The zero-order valence-corrected chi connectivity index (χ0v) is 15.0. The van der Waals surface area contributed by atoms with Crippen molar-refractivity contribution in [1.29, 1.82) is 0 Å². The van der Waals surface area contributed by atoms with Crippen molar-refractivity contribution in [3.8, 4) is 5.69 Å². The van der Waals surface area contributed by atoms with E-state index in [1.807, 2.05) is 6.92 Å². The minimum Gasteiger partial charge on any atom is -0.335 e. The number of sulfone groups is 1. The molecule has 0 aliphatic heterocycles. The lowest BCUT2D eigenvalue weighted by Crippen LogP contribution is -2.37. The van der Waals surface area contributed by atoms with Crippen LogP contribution in [0, 0.1) is 5.92 Å². The zero-order chi connectivity index (χ0) is 19.8. The van der Waals surface area contributed by atoms with Crippen LogP contribution >= 0.6 is 0 Å². The van der Waals surface area contributed by atoms with Gasteiger partial charge in [-0.25, -0.2) is 17.9 Å². The molecule has 7 nitrogen and oxygen atoms in total. The second-order valence-corrected chi connectivity index (χ2v) is 8.25. The van der Waals surface area contributed by atoms with Crippen LogP contribution in [-0.2, 0) is 9.84 Å². The Kier molecular flexibility index (Phi) is 4.89. The van der Waals surface area contributed by atoms with Crippen molar-refractivity contribution in [1.82, 2.24) is 15.1 Å². The highest BCUT2D eigenvalue weighted by Gasteiger charge is 2.46. The van der Waals surface area contributed by atoms with Crippen LogP contribution in [-0.4, -0.2) is 35.8 Å². The fraction of sp³-hybridized carbons (Fsp3) is 0.375. The van der Waals surface area contributed by atoms with E-state index in [0.29, 0.717) is 11.6 Å². The molecule has 1 aromatic heterocycles. The third kappa shape index (κ3) is 4.24. The maximum Gasteiger partial charge on any atom is 0.501 e. The summed E-state index contributed by atoms with van der Waals surface area (Å²) in [6.07, 6.45) is 3.68. The lowest BCUT2D eigenvalue weighted by atomic mass is 10.2. The number of rotatable bonds is 5. The molecule has 0 saturated heterocycles. The van der Waals surface area contributed by atoms with Gasteiger partial charge in [0.2, 0.25) is 0 Å². The van der Waals surface area contributed by atoms with Crippen molar-refractivity contribution in [2.45, 2.75) is 36.2 Å². The summed E-state index contributed by atoms with van der Waals surface area (Å²) in [4.78, 5) is 11.1. The smallest absolute Gasteiger partial charge is 0.335 e. The quantitative estimate of drug-likeness (QED) is 0.804. The Bertz CT molecular complexity index is 935. The van der Waals surface area contributed by atoms with Gasteiger partial charge in [0, 0.05) is 18.3 Å². The number of hydrogen-bond donors (Lipinski definition) is 2. The van der Waals surface area contributed by atoms with Gasteiger partial charge in [-0.05, 0) is 49.9 Å². The van der Waals surface area contributed by atoms with Crippen molar-refractivity contribution in [3.05, 3.63) is 36.5 Å². The molecule has 0 bridgehead atoms. The van der Waals surface area contributed by atoms with Crippen LogP contribution in [0.5, 0.6) is 0 Å². The second kappa shape index (κ2) is 6.87. The average molecular weight is 402 g/mol. The van der Waals surface area contributed by atoms with Crippen LogP contribution in [0.2, 0.25) is 0 Å². The third-order valence-corrected chi connectivity index (χ3v) is 5.74. The summed E-state index contributed by atoms with van der Waals surface area (Å²) in [6, 6.07) is 5.30. The summed E-state index contributed by atoms with van der Waals surface area (Å²) in [5, 5.41) is 9.48. The minimum atomic E-state index is -5.39. The highest BCUT2D eigenvalue weighted by Crippen LogP contribution is 2.32. The molecule has 1 atom stereocenters. The summed E-state index contributed by atoms with van der Waals surface area (Å²) < 4.78 is 61.7. The molecule has 1 aliphatic carbocycles. The second-order valence-electron chi connectivity index (χ2n) is 6.31. The predicted molar refractivity (Wildman–Crippen MR) is 91.1 cm³/mol. The molecule has 2 aromatic rings. The molecular weight excluding hydrogens is 385 g/mol. The summed E-state index contributed by atoms with van der Waals surface area (Å²) in [7, 11) is -5.39. The van der Waals surface area contributed by atoms with Crippen LogP contribution in [0.25, 0.3) is 5.69 Å². The van der Waals surface area contributed by atoms with Gasteiger partial charge in [-0.15, -0.1) is 5.10 Å². The molecule has 1 aliphatic rings. The lowest BCUT2D eigenvalue weighted by molar-refractivity contribution is -0.0436. The molecule has 1 saturated carbocycles. The van der Waals surface area contributed by atoms with E-state index in [1.54, 1.807) is 0 Å². The average Bonchev–Trinajstić information content (AvgIpc) is 3.34. The molecule has 11 heteroatoms. The first-order chi connectivity index (χ1) is 12.6. The number of benzene rings is 1. The topological polar surface area (TPSA) is 93.1 Å². The molecular formula is C16H17F3N4O3S. The van der Waals surface area contributed by atoms with Gasteiger partial charge < -0.3 is 5.32 Å². The lowest BCUT2D eigenvalue weighted by Gasteiger charge is -2.12. The summed E-state index contributed by atoms with van der Waals surface area (Å²) >= 11 is 0. The first-order valence-corrected chi connectivity index (χ1v) is 9.61. The van der Waals surface area contributed by atoms with Crippen LogP contribution in [0.3, 0.4) is 0 Å². The normalized spacial score (nSPS) is 16.0. The van der Waals surface area contributed by atoms with Gasteiger partial charge in [-0.2, -0.15) is 13.2 Å². The molecule has 1 fully saturated rings. The monoisotopic (exact) mass is 402 g/mol. The maximum atomic E-state index is 12.6. The Morgan fingerprint density at radius 2 is 1.85 bits per heavy atom. The van der Waals surface area contributed by atoms with Crippen molar-refractivity contribution < 1.29 is 26.4 Å². The van der Waals surface area contributed by atoms with E-state index in [-0.39, 0.29) is 11.9 Å². The Hall–Kier alpha value is -2.56. The summed E-state index contributed by atoms with van der Waals surface area (Å²) in [5.74, 6) is 0.752. The Labute approximate surface area is 153 Å². The van der Waals surface area contributed by atoms with Crippen molar-refractivity contribution in [2.24, 2.45) is 5.92 Å². The molecule has 0 spiro atoms. The number of halogens is 3. The fourth-order valence-corrected chi connectivity index (χ4v) is 3.28. The Balaban J connectivity index is 1.68. The predicted octanol–water partition coefficient (Wildman–Crippen LogP) is 3.09. The molecule has 3 rings (SSSR count). The van der Waals surface area contributed by atoms with Gasteiger partial charge in [0.1, 0.15) is 0 Å². The number of urea groups is 1. The van der Waals surface area contributed by atoms with E-state index in [4.69, 9.17) is 0 Å². The number of nitrogens with zero attached hydrogens (tertiary/aromatic N) is 2. The summed E-state index contributed by atoms with van der Waals surface area (Å²) in [5.41, 5.74) is -5.02. The van der Waals surface area contributed by atoms with Crippen molar-refractivity contribution in [3.63, 3.8) is 0 Å². The largest absolute Gasteiger partial charge is 0.501 e. The van der Waals surface area contributed by atoms with E-state index in [9.17, 15) is 26.4 Å². The Morgan fingerprint density at radius 1 is 1.22 bits per heavy atom. The third-order valence-electron chi connectivity index (χ3n) is 4.23. The molecule has 0 radical (unpaired) electrons. The molecule has 27 heavy (non-hydrogen) atoms. The number of anilines is 1. The molecule has 1 heterocycles. The van der Waals surface area contributed by atoms with Crippen molar-refractivity contribution >= 4 is 21.7 Å². The zero-order valence-electron chi connectivity index (χ0n) is 14.2. The van der Waals surface area contributed by atoms with E-state index in [0.717, 1.165) is 25.0 Å². The van der Waals surface area contributed by atoms with E-state index in [2.05, 4.69) is 15.7 Å².